The molecule has 0 bridgehead atoms. The summed E-state index contributed by atoms with van der Waals surface area (Å²) in [5.74, 6) is 0.295. The molecule has 0 saturated heterocycles. The average molecular weight is 382 g/mol. The highest BCUT2D eigenvalue weighted by atomic mass is 32.2. The number of ether oxygens (including phenoxy) is 1. The third kappa shape index (κ3) is 3.21. The third-order valence-electron chi connectivity index (χ3n) is 4.40. The van der Waals surface area contributed by atoms with E-state index in [-0.39, 0.29) is 11.5 Å². The average Bonchev–Trinajstić information content (AvgIpc) is 2.65. The van der Waals surface area contributed by atoms with Gasteiger partial charge in [-0.2, -0.15) is 8.42 Å². The van der Waals surface area contributed by atoms with Crippen molar-refractivity contribution in [1.82, 2.24) is 4.98 Å². The van der Waals surface area contributed by atoms with Crippen LogP contribution in [0.15, 0.2) is 54.9 Å². The van der Waals surface area contributed by atoms with Gasteiger partial charge in [-0.1, -0.05) is 30.3 Å². The highest BCUT2D eigenvalue weighted by Gasteiger charge is 2.26. The number of hydrogen-bond acceptors (Lipinski definition) is 6. The molecule has 0 atom stereocenters. The van der Waals surface area contributed by atoms with Crippen LogP contribution in [0.2, 0.25) is 0 Å². The molecule has 1 aromatic heterocycles. The predicted molar refractivity (Wildman–Crippen MR) is 105 cm³/mol. The first-order valence-corrected chi connectivity index (χ1v) is 9.93. The fraction of sp³-hybridized carbons (Fsp3) is 0.150. The maximum absolute atomic E-state index is 12.7. The van der Waals surface area contributed by atoms with Crippen molar-refractivity contribution in [3.8, 4) is 11.5 Å². The Bertz CT molecular complexity index is 1140. The highest BCUT2D eigenvalue weighted by Crippen LogP contribution is 2.47. The molecule has 1 aliphatic rings. The van der Waals surface area contributed by atoms with Crippen molar-refractivity contribution in [1.29, 1.82) is 0 Å². The maximum Gasteiger partial charge on any atom is 0.313 e. The SMILES string of the molecule is COc1cc2ccnc3c2c(c1OS(=O)(=O)Cc1ccccc1)N(C)C=C3. The van der Waals surface area contributed by atoms with Crippen LogP contribution in [0.4, 0.5) is 5.69 Å². The zero-order valence-corrected chi connectivity index (χ0v) is 15.7. The molecule has 0 aliphatic carbocycles. The minimum atomic E-state index is -3.88. The van der Waals surface area contributed by atoms with Crippen LogP contribution in [0.1, 0.15) is 11.3 Å². The van der Waals surface area contributed by atoms with Gasteiger partial charge in [-0.3, -0.25) is 4.98 Å². The van der Waals surface area contributed by atoms with Crippen molar-refractivity contribution in [3.05, 3.63) is 66.1 Å². The second-order valence-corrected chi connectivity index (χ2v) is 7.82. The Morgan fingerprint density at radius 3 is 2.67 bits per heavy atom. The van der Waals surface area contributed by atoms with Gasteiger partial charge < -0.3 is 13.8 Å². The molecule has 2 aromatic carbocycles. The fourth-order valence-corrected chi connectivity index (χ4v) is 4.27. The zero-order valence-electron chi connectivity index (χ0n) is 14.9. The Morgan fingerprint density at radius 2 is 1.93 bits per heavy atom. The van der Waals surface area contributed by atoms with Crippen molar-refractivity contribution in [2.24, 2.45) is 0 Å². The summed E-state index contributed by atoms with van der Waals surface area (Å²) in [6.45, 7) is 0. The van der Waals surface area contributed by atoms with Gasteiger partial charge in [0, 0.05) is 24.8 Å². The molecule has 0 fully saturated rings. The largest absolute Gasteiger partial charge is 0.493 e. The third-order valence-corrected chi connectivity index (χ3v) is 5.51. The second-order valence-electron chi connectivity index (χ2n) is 6.25. The lowest BCUT2D eigenvalue weighted by Crippen LogP contribution is -2.18. The smallest absolute Gasteiger partial charge is 0.313 e. The molecular weight excluding hydrogens is 364 g/mol. The molecule has 0 spiro atoms. The molecule has 3 aromatic rings. The van der Waals surface area contributed by atoms with E-state index in [1.165, 1.54) is 7.11 Å². The number of hydrogen-bond donors (Lipinski definition) is 0. The molecule has 6 nitrogen and oxygen atoms in total. The van der Waals surface area contributed by atoms with Gasteiger partial charge in [0.15, 0.2) is 5.75 Å². The molecule has 0 N–H and O–H groups in total. The van der Waals surface area contributed by atoms with E-state index in [1.807, 2.05) is 36.4 Å². The van der Waals surface area contributed by atoms with Crippen LogP contribution in [-0.4, -0.2) is 27.6 Å². The Hall–Kier alpha value is -3.06. The summed E-state index contributed by atoms with van der Waals surface area (Å²) >= 11 is 0. The number of aromatic nitrogens is 1. The van der Waals surface area contributed by atoms with Gasteiger partial charge in [0.2, 0.25) is 5.75 Å². The summed E-state index contributed by atoms with van der Waals surface area (Å²) in [5.41, 5.74) is 2.03. The highest BCUT2D eigenvalue weighted by molar-refractivity contribution is 7.86. The summed E-state index contributed by atoms with van der Waals surface area (Å²) in [6, 6.07) is 12.6. The maximum atomic E-state index is 12.7. The molecule has 138 valence electrons. The predicted octanol–water partition coefficient (Wildman–Crippen LogP) is 3.57. The Morgan fingerprint density at radius 1 is 1.15 bits per heavy atom. The lowest BCUT2D eigenvalue weighted by Gasteiger charge is -2.25. The lowest BCUT2D eigenvalue weighted by atomic mass is 10.0. The number of methoxy groups -OCH3 is 1. The Balaban J connectivity index is 1.84. The first kappa shape index (κ1) is 17.4. The minimum absolute atomic E-state index is 0.169. The summed E-state index contributed by atoms with van der Waals surface area (Å²) in [4.78, 5) is 6.19. The molecule has 2 heterocycles. The van der Waals surface area contributed by atoms with E-state index in [1.54, 1.807) is 36.5 Å². The molecule has 0 saturated carbocycles. The van der Waals surface area contributed by atoms with Gasteiger partial charge in [-0.15, -0.1) is 0 Å². The molecule has 0 amide bonds. The number of pyridine rings is 1. The van der Waals surface area contributed by atoms with E-state index in [2.05, 4.69) is 4.98 Å². The van der Waals surface area contributed by atoms with Crippen molar-refractivity contribution >= 4 is 32.7 Å². The van der Waals surface area contributed by atoms with Gasteiger partial charge in [0.05, 0.1) is 18.5 Å². The monoisotopic (exact) mass is 382 g/mol. The van der Waals surface area contributed by atoms with Gasteiger partial charge in [0.1, 0.15) is 5.75 Å². The molecule has 0 unspecified atom stereocenters. The number of benzene rings is 2. The number of nitrogens with zero attached hydrogens (tertiary/aromatic N) is 2. The van der Waals surface area contributed by atoms with Crippen LogP contribution in [0, 0.1) is 0 Å². The molecule has 0 radical (unpaired) electrons. The molecule has 7 heteroatoms. The van der Waals surface area contributed by atoms with Crippen LogP contribution in [-0.2, 0) is 15.9 Å². The summed E-state index contributed by atoms with van der Waals surface area (Å²) in [7, 11) is -0.563. The molecule has 1 aliphatic heterocycles. The normalized spacial score (nSPS) is 13.0. The standard InChI is InChI=1S/C20H18N2O4S/c1-22-11-9-16-18-15(8-10-21-16)12-17(25-2)20(19(18)22)26-27(23,24)13-14-6-4-3-5-7-14/h3-12H,13H2,1-2H3. The van der Waals surface area contributed by atoms with Crippen LogP contribution >= 0.6 is 0 Å². The first-order chi connectivity index (χ1) is 13.0. The number of rotatable bonds is 5. The van der Waals surface area contributed by atoms with Crippen LogP contribution in [0.25, 0.3) is 16.8 Å². The van der Waals surface area contributed by atoms with Gasteiger partial charge >= 0.3 is 10.1 Å². The summed E-state index contributed by atoms with van der Waals surface area (Å²) in [5, 5.41) is 1.73. The van der Waals surface area contributed by atoms with E-state index in [0.717, 1.165) is 16.5 Å². The molecular formula is C20H18N2O4S. The summed E-state index contributed by atoms with van der Waals surface area (Å²) < 4.78 is 36.4. The van der Waals surface area contributed by atoms with Gasteiger partial charge in [0.25, 0.3) is 0 Å². The van der Waals surface area contributed by atoms with Crippen molar-refractivity contribution in [3.63, 3.8) is 0 Å². The van der Waals surface area contributed by atoms with Gasteiger partial charge in [-0.05, 0) is 29.2 Å². The minimum Gasteiger partial charge on any atom is -0.493 e. The van der Waals surface area contributed by atoms with Crippen LogP contribution < -0.4 is 13.8 Å². The van der Waals surface area contributed by atoms with Crippen molar-refractivity contribution < 1.29 is 17.3 Å². The lowest BCUT2D eigenvalue weighted by molar-refractivity contribution is 0.391. The van der Waals surface area contributed by atoms with Crippen molar-refractivity contribution in [2.75, 3.05) is 19.1 Å². The van der Waals surface area contributed by atoms with E-state index in [9.17, 15) is 8.42 Å². The van der Waals surface area contributed by atoms with E-state index >= 15 is 0 Å². The fourth-order valence-electron chi connectivity index (χ4n) is 3.20. The van der Waals surface area contributed by atoms with Crippen LogP contribution in [0.3, 0.4) is 0 Å². The van der Waals surface area contributed by atoms with E-state index < -0.39 is 10.1 Å². The number of anilines is 1. The van der Waals surface area contributed by atoms with Crippen LogP contribution in [0.5, 0.6) is 11.5 Å². The topological polar surface area (TPSA) is 68.7 Å². The van der Waals surface area contributed by atoms with E-state index in [4.69, 9.17) is 8.92 Å². The first-order valence-electron chi connectivity index (χ1n) is 8.35. The van der Waals surface area contributed by atoms with E-state index in [0.29, 0.717) is 17.0 Å². The second kappa shape index (κ2) is 6.59. The Labute approximate surface area is 157 Å². The zero-order chi connectivity index (χ0) is 19.0. The van der Waals surface area contributed by atoms with Crippen molar-refractivity contribution in [2.45, 2.75) is 5.75 Å². The Kier molecular flexibility index (Phi) is 4.24. The quantitative estimate of drug-likeness (QED) is 0.629. The molecule has 27 heavy (non-hydrogen) atoms. The molecule has 4 rings (SSSR count). The summed E-state index contributed by atoms with van der Waals surface area (Å²) in [6.07, 6.45) is 5.41. The van der Waals surface area contributed by atoms with Gasteiger partial charge in [-0.25, -0.2) is 0 Å².